The largest absolute Gasteiger partial charge is 0.444 e. The summed E-state index contributed by atoms with van der Waals surface area (Å²) in [6.07, 6.45) is 6.02. The lowest BCUT2D eigenvalue weighted by Crippen LogP contribution is -2.32. The Hall–Kier alpha value is -2.52. The Morgan fingerprint density at radius 1 is 1.33 bits per heavy atom. The van der Waals surface area contributed by atoms with Gasteiger partial charge in [0.25, 0.3) is 5.91 Å². The van der Waals surface area contributed by atoms with Crippen molar-refractivity contribution in [3.05, 3.63) is 65.3 Å². The van der Waals surface area contributed by atoms with Gasteiger partial charge in [-0.25, -0.2) is 14.4 Å². The Balaban J connectivity index is 1.62. The molecule has 1 aromatic carbocycles. The quantitative estimate of drug-likeness (QED) is 0.427. The van der Waals surface area contributed by atoms with Crippen molar-refractivity contribution in [1.29, 1.82) is 0 Å². The zero-order valence-corrected chi connectivity index (χ0v) is 16.4. The summed E-state index contributed by atoms with van der Waals surface area (Å²) in [5.41, 5.74) is 0.657. The molecule has 0 radical (unpaired) electrons. The maximum Gasteiger partial charge on any atom is 0.295 e. The molecular weight excluding hydrogens is 435 g/mol. The number of anilines is 1. The minimum atomic E-state index is -0.328. The molecule has 0 saturated carbocycles. The first-order valence-electron chi connectivity index (χ1n) is 8.19. The number of hydrogen-bond acceptors (Lipinski definition) is 5. The van der Waals surface area contributed by atoms with Gasteiger partial charge in [-0.3, -0.25) is 9.69 Å². The van der Waals surface area contributed by atoms with E-state index in [0.29, 0.717) is 39.5 Å². The molecule has 0 saturated heterocycles. The van der Waals surface area contributed by atoms with E-state index in [0.717, 1.165) is 0 Å². The highest BCUT2D eigenvalue weighted by atomic mass is 79.9. The van der Waals surface area contributed by atoms with Crippen molar-refractivity contribution in [3.8, 4) is 0 Å². The summed E-state index contributed by atoms with van der Waals surface area (Å²) in [6, 6.07) is 7.68. The SMILES string of the molecule is O=C(c1ccc(Br)o1)N(CCCn1ccnc1)c1nc2ccc(F)cc2s1. The third-order valence-electron chi connectivity index (χ3n) is 3.96. The third-order valence-corrected chi connectivity index (χ3v) is 5.42. The Labute approximate surface area is 166 Å². The van der Waals surface area contributed by atoms with Crippen molar-refractivity contribution in [3.63, 3.8) is 0 Å². The zero-order chi connectivity index (χ0) is 18.8. The first-order valence-corrected chi connectivity index (χ1v) is 9.80. The number of thiazole rings is 1. The molecule has 0 atom stereocenters. The first-order chi connectivity index (χ1) is 13.1. The van der Waals surface area contributed by atoms with Gasteiger partial charge < -0.3 is 8.98 Å². The summed E-state index contributed by atoms with van der Waals surface area (Å²) >= 11 is 4.50. The molecule has 0 aliphatic carbocycles. The van der Waals surface area contributed by atoms with E-state index in [1.807, 2.05) is 10.8 Å². The number of carbonyl (C=O) groups excluding carboxylic acids is 1. The molecule has 0 aliphatic rings. The van der Waals surface area contributed by atoms with Gasteiger partial charge in [0.1, 0.15) is 5.82 Å². The van der Waals surface area contributed by atoms with Gasteiger partial charge in [-0.05, 0) is 52.7 Å². The van der Waals surface area contributed by atoms with Gasteiger partial charge in [-0.2, -0.15) is 0 Å². The summed E-state index contributed by atoms with van der Waals surface area (Å²) < 4.78 is 22.0. The zero-order valence-electron chi connectivity index (χ0n) is 14.0. The predicted molar refractivity (Wildman–Crippen MR) is 105 cm³/mol. The number of amides is 1. The number of aryl methyl sites for hydroxylation is 1. The third kappa shape index (κ3) is 3.93. The number of rotatable bonds is 6. The van der Waals surface area contributed by atoms with Crippen molar-refractivity contribution in [2.75, 3.05) is 11.4 Å². The highest BCUT2D eigenvalue weighted by Gasteiger charge is 2.23. The molecule has 4 rings (SSSR count). The van der Waals surface area contributed by atoms with Crippen LogP contribution >= 0.6 is 27.3 Å². The Kier molecular flexibility index (Phi) is 5.04. The monoisotopic (exact) mass is 448 g/mol. The summed E-state index contributed by atoms with van der Waals surface area (Å²) in [6.45, 7) is 1.16. The fourth-order valence-corrected chi connectivity index (χ4v) is 4.00. The number of furan rings is 1. The van der Waals surface area contributed by atoms with Crippen LogP contribution < -0.4 is 4.90 Å². The average Bonchev–Trinajstić information content (AvgIpc) is 3.38. The fourth-order valence-electron chi connectivity index (χ4n) is 2.68. The topological polar surface area (TPSA) is 64.2 Å². The molecule has 4 aromatic rings. The van der Waals surface area contributed by atoms with E-state index >= 15 is 0 Å². The Morgan fingerprint density at radius 2 is 2.22 bits per heavy atom. The number of halogens is 2. The van der Waals surface area contributed by atoms with Gasteiger partial charge >= 0.3 is 0 Å². The maximum absolute atomic E-state index is 13.5. The smallest absolute Gasteiger partial charge is 0.295 e. The van der Waals surface area contributed by atoms with E-state index in [1.54, 1.807) is 35.6 Å². The van der Waals surface area contributed by atoms with Gasteiger partial charge in [0, 0.05) is 25.5 Å². The number of carbonyl (C=O) groups is 1. The number of imidazole rings is 1. The minimum absolute atomic E-state index is 0.218. The fraction of sp³-hybridized carbons (Fsp3) is 0.167. The van der Waals surface area contributed by atoms with Crippen molar-refractivity contribution < 1.29 is 13.6 Å². The van der Waals surface area contributed by atoms with Crippen LogP contribution in [0, 0.1) is 5.82 Å². The van der Waals surface area contributed by atoms with Crippen LogP contribution in [0.5, 0.6) is 0 Å². The second-order valence-corrected chi connectivity index (χ2v) is 7.61. The molecule has 6 nitrogen and oxygen atoms in total. The maximum atomic E-state index is 13.5. The molecule has 3 aromatic heterocycles. The van der Waals surface area contributed by atoms with Crippen LogP contribution in [0.25, 0.3) is 10.2 Å². The number of nitrogens with zero attached hydrogens (tertiary/aromatic N) is 4. The molecule has 0 unspecified atom stereocenters. The molecule has 0 fully saturated rings. The molecule has 0 spiro atoms. The normalized spacial score (nSPS) is 11.2. The molecule has 27 heavy (non-hydrogen) atoms. The summed E-state index contributed by atoms with van der Waals surface area (Å²) in [5, 5.41) is 0.513. The van der Waals surface area contributed by atoms with Gasteiger partial charge in [0.05, 0.1) is 16.5 Å². The molecule has 138 valence electrons. The minimum Gasteiger partial charge on any atom is -0.444 e. The molecule has 1 amide bonds. The van der Waals surface area contributed by atoms with Gasteiger partial charge in [-0.15, -0.1) is 0 Å². The highest BCUT2D eigenvalue weighted by Crippen LogP contribution is 2.31. The number of fused-ring (bicyclic) bond motifs is 1. The second-order valence-electron chi connectivity index (χ2n) is 5.82. The van der Waals surface area contributed by atoms with Crippen LogP contribution in [0.15, 0.2) is 58.1 Å². The molecule has 0 aliphatic heterocycles. The molecular formula is C18H14BrFN4O2S. The van der Waals surface area contributed by atoms with Crippen LogP contribution in [0.4, 0.5) is 9.52 Å². The standard InChI is InChI=1S/C18H14BrFN4O2S/c19-16-5-4-14(26-16)17(25)24(8-1-7-23-9-6-21-11-23)18-22-13-3-2-12(20)10-15(13)27-18/h2-6,9-11H,1,7-8H2. The first kappa shape index (κ1) is 17.9. The Morgan fingerprint density at radius 3 is 2.96 bits per heavy atom. The van der Waals surface area contributed by atoms with Crippen LogP contribution in [-0.4, -0.2) is 27.0 Å². The van der Waals surface area contributed by atoms with Crippen LogP contribution in [-0.2, 0) is 6.54 Å². The van der Waals surface area contributed by atoms with Crippen molar-refractivity contribution in [2.24, 2.45) is 0 Å². The number of benzene rings is 1. The number of hydrogen-bond donors (Lipinski definition) is 0. The van der Waals surface area contributed by atoms with Gasteiger partial charge in [0.2, 0.25) is 0 Å². The predicted octanol–water partition coefficient (Wildman–Crippen LogP) is 4.72. The van der Waals surface area contributed by atoms with E-state index in [2.05, 4.69) is 25.9 Å². The highest BCUT2D eigenvalue weighted by molar-refractivity contribution is 9.10. The second kappa shape index (κ2) is 7.61. The Bertz CT molecular complexity index is 1080. The van der Waals surface area contributed by atoms with Crippen molar-refractivity contribution in [2.45, 2.75) is 13.0 Å². The lowest BCUT2D eigenvalue weighted by atomic mass is 10.3. The molecule has 3 heterocycles. The van der Waals surface area contributed by atoms with Crippen LogP contribution in [0.2, 0.25) is 0 Å². The molecule has 9 heteroatoms. The van der Waals surface area contributed by atoms with E-state index < -0.39 is 0 Å². The average molecular weight is 449 g/mol. The van der Waals surface area contributed by atoms with E-state index in [9.17, 15) is 9.18 Å². The summed E-state index contributed by atoms with van der Waals surface area (Å²) in [5.74, 6) is -0.397. The van der Waals surface area contributed by atoms with E-state index in [1.165, 1.54) is 23.5 Å². The van der Waals surface area contributed by atoms with Gasteiger partial charge in [0.15, 0.2) is 15.6 Å². The van der Waals surface area contributed by atoms with Gasteiger partial charge in [-0.1, -0.05) is 11.3 Å². The van der Waals surface area contributed by atoms with E-state index in [-0.39, 0.29) is 17.5 Å². The summed E-state index contributed by atoms with van der Waals surface area (Å²) in [4.78, 5) is 23.1. The number of aromatic nitrogens is 3. The molecule has 0 N–H and O–H groups in total. The molecule has 0 bridgehead atoms. The van der Waals surface area contributed by atoms with E-state index in [4.69, 9.17) is 4.42 Å². The van der Waals surface area contributed by atoms with Crippen LogP contribution in [0.3, 0.4) is 0 Å². The van der Waals surface area contributed by atoms with Crippen LogP contribution in [0.1, 0.15) is 17.0 Å². The van der Waals surface area contributed by atoms with Crippen molar-refractivity contribution >= 4 is 48.5 Å². The van der Waals surface area contributed by atoms with Crippen molar-refractivity contribution in [1.82, 2.24) is 14.5 Å². The summed E-state index contributed by atoms with van der Waals surface area (Å²) in [7, 11) is 0. The lowest BCUT2D eigenvalue weighted by molar-refractivity contribution is 0.0958. The lowest BCUT2D eigenvalue weighted by Gasteiger charge is -2.18.